The Balaban J connectivity index is 2.07. The van der Waals surface area contributed by atoms with Gasteiger partial charge < -0.3 is 16.8 Å². The van der Waals surface area contributed by atoms with Crippen LogP contribution >= 0.6 is 11.3 Å². The molecular formula is C16H17N2OS2+. The number of carbonyl (C=O) groups is 1. The third-order valence-corrected chi connectivity index (χ3v) is 5.20. The van der Waals surface area contributed by atoms with E-state index in [0.717, 1.165) is 17.8 Å². The molecule has 0 saturated carbocycles. The Labute approximate surface area is 133 Å². The number of aryl methyl sites for hydroxylation is 1. The van der Waals surface area contributed by atoms with Crippen molar-refractivity contribution in [3.05, 3.63) is 34.8 Å². The molecule has 0 atom stereocenters. The van der Waals surface area contributed by atoms with E-state index in [-0.39, 0.29) is 5.78 Å². The van der Waals surface area contributed by atoms with Crippen LogP contribution in [0.15, 0.2) is 29.8 Å². The highest BCUT2D eigenvalue weighted by molar-refractivity contribution is 7.51. The fourth-order valence-corrected chi connectivity index (χ4v) is 4.26. The van der Waals surface area contributed by atoms with E-state index in [0.29, 0.717) is 13.0 Å². The Kier molecular flexibility index (Phi) is 3.87. The zero-order valence-electron chi connectivity index (χ0n) is 12.1. The molecule has 0 radical (unpaired) electrons. The molecule has 3 rings (SSSR count). The van der Waals surface area contributed by atoms with Crippen LogP contribution in [0.3, 0.4) is 0 Å². The van der Waals surface area contributed by atoms with Crippen molar-refractivity contribution < 1.29 is 13.3 Å². The molecule has 0 fully saturated rings. The van der Waals surface area contributed by atoms with Gasteiger partial charge in [0.2, 0.25) is 11.3 Å². The average molecular weight is 317 g/mol. The molecule has 0 amide bonds. The topological polar surface area (TPSA) is 24.0 Å². The van der Waals surface area contributed by atoms with Gasteiger partial charge in [0.1, 0.15) is 11.2 Å². The van der Waals surface area contributed by atoms with E-state index in [4.69, 9.17) is 12.8 Å². The minimum absolute atomic E-state index is 0.201. The Morgan fingerprint density at radius 3 is 2.86 bits per heavy atom. The summed E-state index contributed by atoms with van der Waals surface area (Å²) in [5.74, 6) is 0.201. The molecular weight excluding hydrogens is 300 g/mol. The van der Waals surface area contributed by atoms with Gasteiger partial charge in [0.25, 0.3) is 5.01 Å². The number of thiazole rings is 1. The van der Waals surface area contributed by atoms with E-state index in [1.54, 1.807) is 15.3 Å². The van der Waals surface area contributed by atoms with Crippen LogP contribution in [0.1, 0.15) is 25.3 Å². The summed E-state index contributed by atoms with van der Waals surface area (Å²) in [7, 11) is 0. The van der Waals surface area contributed by atoms with Gasteiger partial charge in [0, 0.05) is 17.7 Å². The van der Waals surface area contributed by atoms with Crippen molar-refractivity contribution in [3.63, 3.8) is 0 Å². The first kappa shape index (κ1) is 14.4. The first-order valence-electron chi connectivity index (χ1n) is 7.02. The number of allylic oxidation sites excluding steroid dienone is 1. The smallest absolute Gasteiger partial charge is 0.263 e. The predicted octanol–water partition coefficient (Wildman–Crippen LogP) is 2.50. The third-order valence-electron chi connectivity index (χ3n) is 3.73. The van der Waals surface area contributed by atoms with Gasteiger partial charge in [-0.25, -0.2) is 0 Å². The second-order valence-corrected chi connectivity index (χ2v) is 6.68. The van der Waals surface area contributed by atoms with E-state index in [1.165, 1.54) is 15.2 Å². The number of fused-ring (bicyclic) bond motifs is 1. The number of hydrogen-bond acceptors (Lipinski definition) is 3. The number of para-hydroxylation sites is 1. The Morgan fingerprint density at radius 1 is 1.43 bits per heavy atom. The maximum atomic E-state index is 11.5. The highest BCUT2D eigenvalue weighted by atomic mass is 32.1. The van der Waals surface area contributed by atoms with Gasteiger partial charge in [-0.2, -0.15) is 4.57 Å². The van der Waals surface area contributed by atoms with Crippen molar-refractivity contribution in [2.45, 2.75) is 26.8 Å². The van der Waals surface area contributed by atoms with Gasteiger partial charge in [0.15, 0.2) is 12.3 Å². The van der Waals surface area contributed by atoms with E-state index >= 15 is 0 Å². The van der Waals surface area contributed by atoms with Crippen LogP contribution in [0.2, 0.25) is 0 Å². The molecule has 1 aromatic heterocycles. The van der Waals surface area contributed by atoms with E-state index in [1.807, 2.05) is 6.92 Å². The SMILES string of the molecule is CC[n+]1c(C=C(C)C2=[N+]([S-])CC(=O)C2)sc2ccccc21. The van der Waals surface area contributed by atoms with E-state index < -0.39 is 0 Å². The number of rotatable bonds is 3. The maximum Gasteiger partial charge on any atom is 0.263 e. The molecule has 5 heteroatoms. The Bertz CT molecular complexity index is 787. The first-order chi connectivity index (χ1) is 10.1. The van der Waals surface area contributed by atoms with Crippen molar-refractivity contribution in [2.75, 3.05) is 6.54 Å². The second kappa shape index (κ2) is 5.66. The zero-order chi connectivity index (χ0) is 15.0. The molecule has 1 aliphatic rings. The summed E-state index contributed by atoms with van der Waals surface area (Å²) < 4.78 is 5.23. The van der Waals surface area contributed by atoms with Crippen molar-refractivity contribution in [3.8, 4) is 0 Å². The van der Waals surface area contributed by atoms with Crippen LogP contribution in [0.5, 0.6) is 0 Å². The van der Waals surface area contributed by atoms with Gasteiger partial charge in [-0.05, 0) is 19.9 Å². The molecule has 21 heavy (non-hydrogen) atoms. The van der Waals surface area contributed by atoms with Crippen molar-refractivity contribution >= 4 is 51.9 Å². The molecule has 2 heterocycles. The zero-order valence-corrected chi connectivity index (χ0v) is 13.8. The van der Waals surface area contributed by atoms with Crippen LogP contribution in [0.4, 0.5) is 0 Å². The van der Waals surface area contributed by atoms with E-state index in [9.17, 15) is 4.79 Å². The highest BCUT2D eigenvalue weighted by Crippen LogP contribution is 2.23. The lowest BCUT2D eigenvalue weighted by Gasteiger charge is -2.02. The lowest BCUT2D eigenvalue weighted by atomic mass is 10.1. The van der Waals surface area contributed by atoms with Gasteiger partial charge in [-0.1, -0.05) is 23.5 Å². The number of carbonyl (C=O) groups excluding carboxylic acids is 1. The van der Waals surface area contributed by atoms with Crippen molar-refractivity contribution in [1.82, 2.24) is 0 Å². The molecule has 0 spiro atoms. The molecule has 1 aliphatic heterocycles. The molecule has 2 aromatic rings. The highest BCUT2D eigenvalue weighted by Gasteiger charge is 2.26. The van der Waals surface area contributed by atoms with E-state index in [2.05, 4.69) is 41.8 Å². The standard InChI is InChI=1S/C16H17N2OS2/c1-3-17-13-6-4-5-7-15(13)21-16(17)8-11(2)14-9-12(19)10-18(14)20/h4-8H,3,9-10H2,1-2H3/q+1. The van der Waals surface area contributed by atoms with Gasteiger partial charge in [-0.3, -0.25) is 4.79 Å². The minimum Gasteiger partial charge on any atom is -0.433 e. The Morgan fingerprint density at radius 2 is 2.19 bits per heavy atom. The summed E-state index contributed by atoms with van der Waals surface area (Å²) >= 11 is 7.02. The third kappa shape index (κ3) is 2.63. The summed E-state index contributed by atoms with van der Waals surface area (Å²) in [4.78, 5) is 11.5. The fourth-order valence-electron chi connectivity index (χ4n) is 2.68. The summed E-state index contributed by atoms with van der Waals surface area (Å²) in [6.07, 6.45) is 2.62. The van der Waals surface area contributed by atoms with Crippen LogP contribution in [-0.2, 0) is 24.2 Å². The number of ketones is 1. The van der Waals surface area contributed by atoms with Crippen molar-refractivity contribution in [1.29, 1.82) is 0 Å². The molecule has 3 nitrogen and oxygen atoms in total. The minimum atomic E-state index is 0.201. The Hall–Kier alpha value is -1.59. The second-order valence-electron chi connectivity index (χ2n) is 5.18. The predicted molar refractivity (Wildman–Crippen MR) is 88.5 cm³/mol. The quantitative estimate of drug-likeness (QED) is 0.641. The number of Topliss-reactive ketones (excluding diaryl/α,β-unsaturated/α-hetero) is 1. The molecule has 1 aromatic carbocycles. The van der Waals surface area contributed by atoms with Gasteiger partial charge in [0.05, 0.1) is 6.42 Å². The van der Waals surface area contributed by atoms with Crippen LogP contribution < -0.4 is 4.57 Å². The van der Waals surface area contributed by atoms with Crippen LogP contribution in [-0.4, -0.2) is 22.0 Å². The van der Waals surface area contributed by atoms with Gasteiger partial charge in [-0.15, -0.1) is 0 Å². The molecule has 0 unspecified atom stereocenters. The summed E-state index contributed by atoms with van der Waals surface area (Å²) in [5, 5.41) is 1.20. The normalized spacial score (nSPS) is 16.3. The monoisotopic (exact) mass is 317 g/mol. The number of hydrogen-bond donors (Lipinski definition) is 0. The first-order valence-corrected chi connectivity index (χ1v) is 8.20. The largest absolute Gasteiger partial charge is 0.433 e. The number of aromatic nitrogens is 1. The fraction of sp³-hybridized carbons (Fsp3) is 0.312. The molecule has 0 aliphatic carbocycles. The molecule has 0 N–H and O–H groups in total. The van der Waals surface area contributed by atoms with Crippen LogP contribution in [0.25, 0.3) is 16.3 Å². The molecule has 0 bridgehead atoms. The number of nitrogens with zero attached hydrogens (tertiary/aromatic N) is 2. The summed E-state index contributed by atoms with van der Waals surface area (Å²) in [6.45, 7) is 5.47. The summed E-state index contributed by atoms with van der Waals surface area (Å²) in [5.41, 5.74) is 3.31. The molecule has 108 valence electrons. The average Bonchev–Trinajstić information content (AvgIpc) is 2.97. The molecule has 0 saturated heterocycles. The van der Waals surface area contributed by atoms with Crippen LogP contribution in [0, 0.1) is 0 Å². The lowest BCUT2D eigenvalue weighted by molar-refractivity contribution is -0.665. The maximum absolute atomic E-state index is 11.5. The van der Waals surface area contributed by atoms with Gasteiger partial charge >= 0.3 is 0 Å². The summed E-state index contributed by atoms with van der Waals surface area (Å²) in [6, 6.07) is 8.42. The number of benzene rings is 1. The lowest BCUT2D eigenvalue weighted by Crippen LogP contribution is -2.33. The van der Waals surface area contributed by atoms with Crippen molar-refractivity contribution in [2.24, 2.45) is 0 Å².